The van der Waals surface area contributed by atoms with Crippen LogP contribution in [0.5, 0.6) is 0 Å². The van der Waals surface area contributed by atoms with Crippen LogP contribution in [0.3, 0.4) is 0 Å². The summed E-state index contributed by atoms with van der Waals surface area (Å²) in [5.41, 5.74) is 0.158. The molecule has 4 heteroatoms. The first kappa shape index (κ1) is 13.7. The monoisotopic (exact) mass is 237 g/mol. The normalized spacial score (nSPS) is 11.2. The van der Waals surface area contributed by atoms with Crippen LogP contribution in [-0.2, 0) is 11.2 Å². The molecule has 0 aliphatic carbocycles. The summed E-state index contributed by atoms with van der Waals surface area (Å²) in [5.74, 6) is -0.167. The Kier molecular flexibility index (Phi) is 5.12. The van der Waals surface area contributed by atoms with Gasteiger partial charge in [-0.2, -0.15) is 0 Å². The molecule has 0 bridgehead atoms. The second kappa shape index (κ2) is 6.37. The van der Waals surface area contributed by atoms with Crippen LogP contribution in [0.1, 0.15) is 18.9 Å². The van der Waals surface area contributed by atoms with Gasteiger partial charge in [-0.15, -0.1) is 0 Å². The molecule has 94 valence electrons. The Balaban J connectivity index is 2.40. The molecular formula is C13H19NO3. The van der Waals surface area contributed by atoms with E-state index in [0.29, 0.717) is 12.8 Å². The zero-order valence-electron chi connectivity index (χ0n) is 10.0. The van der Waals surface area contributed by atoms with Crippen LogP contribution in [0, 0.1) is 0 Å². The van der Waals surface area contributed by atoms with E-state index in [1.165, 1.54) is 0 Å². The molecule has 4 nitrogen and oxygen atoms in total. The number of rotatable bonds is 6. The highest BCUT2D eigenvalue weighted by Crippen LogP contribution is 2.05. The number of benzene rings is 1. The maximum atomic E-state index is 11.6. The fraction of sp³-hybridized carbons (Fsp3) is 0.462. The van der Waals surface area contributed by atoms with Gasteiger partial charge in [-0.25, -0.2) is 0 Å². The Morgan fingerprint density at radius 2 is 1.82 bits per heavy atom. The molecule has 0 saturated carbocycles. The van der Waals surface area contributed by atoms with Gasteiger partial charge in [0.25, 0.3) is 0 Å². The van der Waals surface area contributed by atoms with Crippen molar-refractivity contribution in [2.75, 3.05) is 13.2 Å². The van der Waals surface area contributed by atoms with Gasteiger partial charge in [0.15, 0.2) is 0 Å². The second-order valence-electron chi connectivity index (χ2n) is 4.41. The number of carbonyl (C=O) groups excluding carboxylic acids is 1. The molecule has 17 heavy (non-hydrogen) atoms. The molecule has 0 aliphatic rings. The highest BCUT2D eigenvalue weighted by Gasteiger charge is 2.23. The van der Waals surface area contributed by atoms with Crippen molar-refractivity contribution in [1.82, 2.24) is 5.32 Å². The van der Waals surface area contributed by atoms with Crippen LogP contribution in [-0.4, -0.2) is 34.9 Å². The van der Waals surface area contributed by atoms with Crippen LogP contribution in [0.4, 0.5) is 0 Å². The van der Waals surface area contributed by atoms with E-state index < -0.39 is 5.54 Å². The van der Waals surface area contributed by atoms with Crippen LogP contribution in [0.2, 0.25) is 0 Å². The van der Waals surface area contributed by atoms with E-state index >= 15 is 0 Å². The highest BCUT2D eigenvalue weighted by molar-refractivity contribution is 5.77. The lowest BCUT2D eigenvalue weighted by Gasteiger charge is -2.26. The topological polar surface area (TPSA) is 69.6 Å². The first-order chi connectivity index (χ1) is 8.09. The molecule has 0 unspecified atom stereocenters. The average molecular weight is 237 g/mol. The molecule has 1 amide bonds. The third kappa shape index (κ3) is 4.54. The van der Waals surface area contributed by atoms with Gasteiger partial charge in [0.05, 0.1) is 18.8 Å². The quantitative estimate of drug-likeness (QED) is 0.674. The molecule has 3 N–H and O–H groups in total. The molecular weight excluding hydrogens is 218 g/mol. The van der Waals surface area contributed by atoms with Gasteiger partial charge in [-0.1, -0.05) is 30.3 Å². The molecule has 0 saturated heterocycles. The maximum absolute atomic E-state index is 11.6. The van der Waals surface area contributed by atoms with E-state index in [4.69, 9.17) is 10.2 Å². The third-order valence-corrected chi connectivity index (χ3v) is 2.62. The van der Waals surface area contributed by atoms with E-state index in [9.17, 15) is 4.79 Å². The van der Waals surface area contributed by atoms with E-state index in [0.717, 1.165) is 5.56 Å². The Hall–Kier alpha value is -1.39. The van der Waals surface area contributed by atoms with Crippen molar-refractivity contribution in [3.8, 4) is 0 Å². The molecule has 0 heterocycles. The first-order valence-electron chi connectivity index (χ1n) is 5.66. The summed E-state index contributed by atoms with van der Waals surface area (Å²) < 4.78 is 0. The Morgan fingerprint density at radius 1 is 1.24 bits per heavy atom. The fourth-order valence-corrected chi connectivity index (χ4v) is 1.43. The van der Waals surface area contributed by atoms with Gasteiger partial charge in [0.2, 0.25) is 5.91 Å². The van der Waals surface area contributed by atoms with Crippen molar-refractivity contribution in [2.45, 2.75) is 25.3 Å². The average Bonchev–Trinajstić information content (AvgIpc) is 2.37. The molecule has 0 fully saturated rings. The largest absolute Gasteiger partial charge is 0.394 e. The van der Waals surface area contributed by atoms with Crippen molar-refractivity contribution in [3.05, 3.63) is 35.9 Å². The van der Waals surface area contributed by atoms with Crippen molar-refractivity contribution in [3.63, 3.8) is 0 Å². The minimum Gasteiger partial charge on any atom is -0.394 e. The smallest absolute Gasteiger partial charge is 0.220 e. The van der Waals surface area contributed by atoms with E-state index in [1.807, 2.05) is 30.3 Å². The van der Waals surface area contributed by atoms with Crippen LogP contribution in [0.15, 0.2) is 30.3 Å². The molecule has 0 atom stereocenters. The van der Waals surface area contributed by atoms with Crippen LogP contribution >= 0.6 is 0 Å². The summed E-state index contributed by atoms with van der Waals surface area (Å²) in [7, 11) is 0. The number of hydrogen-bond donors (Lipinski definition) is 3. The number of aryl methyl sites for hydroxylation is 1. The second-order valence-corrected chi connectivity index (χ2v) is 4.41. The van der Waals surface area contributed by atoms with Gasteiger partial charge < -0.3 is 15.5 Å². The van der Waals surface area contributed by atoms with Crippen molar-refractivity contribution < 1.29 is 15.0 Å². The van der Waals surface area contributed by atoms with Gasteiger partial charge in [0.1, 0.15) is 0 Å². The van der Waals surface area contributed by atoms with Gasteiger partial charge in [-0.05, 0) is 18.9 Å². The molecule has 0 aromatic heterocycles. The summed E-state index contributed by atoms with van der Waals surface area (Å²) in [6.07, 6.45) is 0.999. The van der Waals surface area contributed by atoms with Gasteiger partial charge in [0, 0.05) is 6.42 Å². The lowest BCUT2D eigenvalue weighted by molar-refractivity contribution is -0.124. The van der Waals surface area contributed by atoms with E-state index in [1.54, 1.807) is 6.92 Å². The number of aliphatic hydroxyl groups is 2. The lowest BCUT2D eigenvalue weighted by Crippen LogP contribution is -2.51. The number of hydrogen-bond acceptors (Lipinski definition) is 3. The number of amides is 1. The summed E-state index contributed by atoms with van der Waals surface area (Å²) in [6.45, 7) is 1.05. The standard InChI is InChI=1S/C13H19NO3/c1-13(9-15,10-16)14-12(17)8-7-11-5-3-2-4-6-11/h2-6,15-16H,7-10H2,1H3,(H,14,17). The number of carbonyl (C=O) groups is 1. The Morgan fingerprint density at radius 3 is 2.35 bits per heavy atom. The van der Waals surface area contributed by atoms with Gasteiger partial charge >= 0.3 is 0 Å². The SMILES string of the molecule is CC(CO)(CO)NC(=O)CCc1ccccc1. The molecule has 1 rings (SSSR count). The predicted molar refractivity (Wildman–Crippen MR) is 65.5 cm³/mol. The van der Waals surface area contributed by atoms with Crippen molar-refractivity contribution in [1.29, 1.82) is 0 Å². The summed E-state index contributed by atoms with van der Waals surface area (Å²) >= 11 is 0. The lowest BCUT2D eigenvalue weighted by atomic mass is 10.0. The first-order valence-corrected chi connectivity index (χ1v) is 5.66. The van der Waals surface area contributed by atoms with Crippen LogP contribution in [0.25, 0.3) is 0 Å². The molecule has 1 aromatic carbocycles. The predicted octanol–water partition coefficient (Wildman–Crippen LogP) is 0.479. The molecule has 0 spiro atoms. The molecule has 0 aliphatic heterocycles. The summed E-state index contributed by atoms with van der Waals surface area (Å²) in [6, 6.07) is 9.71. The Labute approximate surface area is 101 Å². The van der Waals surface area contributed by atoms with Crippen molar-refractivity contribution >= 4 is 5.91 Å². The Bertz CT molecular complexity index is 347. The van der Waals surface area contributed by atoms with E-state index in [-0.39, 0.29) is 19.1 Å². The van der Waals surface area contributed by atoms with Gasteiger partial charge in [-0.3, -0.25) is 4.79 Å². The van der Waals surface area contributed by atoms with Crippen molar-refractivity contribution in [2.24, 2.45) is 0 Å². The minimum atomic E-state index is -0.937. The van der Waals surface area contributed by atoms with Crippen LogP contribution < -0.4 is 5.32 Å². The summed E-state index contributed by atoms with van der Waals surface area (Å²) in [5, 5.41) is 20.7. The zero-order chi connectivity index (χ0) is 12.7. The number of nitrogens with one attached hydrogen (secondary N) is 1. The minimum absolute atomic E-state index is 0.167. The molecule has 0 radical (unpaired) electrons. The third-order valence-electron chi connectivity index (χ3n) is 2.62. The maximum Gasteiger partial charge on any atom is 0.220 e. The summed E-state index contributed by atoms with van der Waals surface area (Å²) in [4.78, 5) is 11.6. The number of aliphatic hydroxyl groups excluding tert-OH is 2. The molecule has 1 aromatic rings. The highest BCUT2D eigenvalue weighted by atomic mass is 16.3. The zero-order valence-corrected chi connectivity index (χ0v) is 10.0. The fourth-order valence-electron chi connectivity index (χ4n) is 1.43. The van der Waals surface area contributed by atoms with E-state index in [2.05, 4.69) is 5.32 Å².